The lowest BCUT2D eigenvalue weighted by Gasteiger charge is -2.12. The fourth-order valence-electron chi connectivity index (χ4n) is 3.80. The summed E-state index contributed by atoms with van der Waals surface area (Å²) in [6.07, 6.45) is 3.98. The van der Waals surface area contributed by atoms with Crippen LogP contribution in [0.4, 0.5) is 0 Å². The number of rotatable bonds is 4. The molecule has 4 rings (SSSR count). The zero-order valence-electron chi connectivity index (χ0n) is 15.9. The van der Waals surface area contributed by atoms with E-state index in [4.69, 9.17) is 16.6 Å². The summed E-state index contributed by atoms with van der Waals surface area (Å²) < 4.78 is 3.55. The van der Waals surface area contributed by atoms with E-state index in [-0.39, 0.29) is 18.0 Å². The van der Waals surface area contributed by atoms with Crippen LogP contribution in [0.2, 0.25) is 5.02 Å². The molecule has 0 spiro atoms. The molecule has 2 aromatic heterocycles. The van der Waals surface area contributed by atoms with Gasteiger partial charge in [0.1, 0.15) is 17.9 Å². The second kappa shape index (κ2) is 7.80. The molecule has 6 nitrogen and oxygen atoms in total. The van der Waals surface area contributed by atoms with Crippen LogP contribution in [-0.4, -0.2) is 20.0 Å². The van der Waals surface area contributed by atoms with Crippen LogP contribution >= 0.6 is 11.6 Å². The fraction of sp³-hybridized carbons (Fsp3) is 0.381. The Morgan fingerprint density at radius 2 is 2.07 bits per heavy atom. The van der Waals surface area contributed by atoms with Crippen LogP contribution in [0, 0.1) is 6.92 Å². The van der Waals surface area contributed by atoms with E-state index in [1.807, 2.05) is 31.2 Å². The highest BCUT2D eigenvalue weighted by Gasteiger charge is 2.19. The number of benzene rings is 1. The van der Waals surface area contributed by atoms with E-state index in [1.165, 1.54) is 0 Å². The molecule has 28 heavy (non-hydrogen) atoms. The van der Waals surface area contributed by atoms with Gasteiger partial charge in [0.25, 0.3) is 5.56 Å². The minimum atomic E-state index is -0.167. The van der Waals surface area contributed by atoms with E-state index < -0.39 is 0 Å². The SMILES string of the molecule is Cc1cc2nc3n(c(=O)c2n1CC(=O)NCc1ccccc1Cl)CCCCC3. The second-order valence-corrected chi connectivity index (χ2v) is 7.68. The lowest BCUT2D eigenvalue weighted by atomic mass is 10.2. The molecule has 0 aliphatic carbocycles. The van der Waals surface area contributed by atoms with Gasteiger partial charge in [0.15, 0.2) is 0 Å². The van der Waals surface area contributed by atoms with E-state index in [1.54, 1.807) is 15.2 Å². The van der Waals surface area contributed by atoms with Crippen LogP contribution in [0.25, 0.3) is 11.0 Å². The Balaban J connectivity index is 1.61. The summed E-state index contributed by atoms with van der Waals surface area (Å²) in [5, 5.41) is 3.51. The van der Waals surface area contributed by atoms with Gasteiger partial charge in [-0.2, -0.15) is 0 Å². The van der Waals surface area contributed by atoms with Crippen molar-refractivity contribution >= 4 is 28.5 Å². The van der Waals surface area contributed by atoms with Crippen molar-refractivity contribution in [1.82, 2.24) is 19.4 Å². The summed E-state index contributed by atoms with van der Waals surface area (Å²) in [5.74, 6) is 0.690. The summed E-state index contributed by atoms with van der Waals surface area (Å²) in [6, 6.07) is 9.31. The molecule has 1 amide bonds. The average Bonchev–Trinajstić information content (AvgIpc) is 2.83. The Kier molecular flexibility index (Phi) is 5.22. The molecule has 1 aliphatic rings. The molecule has 3 heterocycles. The van der Waals surface area contributed by atoms with E-state index in [0.29, 0.717) is 29.1 Å². The van der Waals surface area contributed by atoms with Crippen LogP contribution in [0.5, 0.6) is 0 Å². The Labute approximate surface area is 168 Å². The number of hydrogen-bond acceptors (Lipinski definition) is 3. The van der Waals surface area contributed by atoms with Gasteiger partial charge in [0.2, 0.25) is 5.91 Å². The third-order valence-electron chi connectivity index (χ3n) is 5.31. The standard InChI is InChI=1S/C21H23ClN4O2/c1-14-11-17-20(21(28)25-10-6-2-3-9-18(25)24-17)26(14)13-19(27)23-12-15-7-4-5-8-16(15)22/h4-5,7-8,11H,2-3,6,9-10,12-13H2,1H3,(H,23,27). The molecule has 1 aromatic carbocycles. The van der Waals surface area contributed by atoms with Gasteiger partial charge < -0.3 is 9.88 Å². The maximum absolute atomic E-state index is 13.1. The zero-order chi connectivity index (χ0) is 19.7. The number of nitrogens with zero attached hydrogens (tertiary/aromatic N) is 3. The number of aromatic nitrogens is 3. The first-order valence-electron chi connectivity index (χ1n) is 9.64. The first kappa shape index (κ1) is 18.7. The van der Waals surface area contributed by atoms with Crippen LogP contribution in [-0.2, 0) is 30.8 Å². The molecule has 1 aliphatic heterocycles. The van der Waals surface area contributed by atoms with Crippen molar-refractivity contribution in [3.63, 3.8) is 0 Å². The normalized spacial score (nSPS) is 13.9. The van der Waals surface area contributed by atoms with E-state index in [2.05, 4.69) is 5.32 Å². The third-order valence-corrected chi connectivity index (χ3v) is 5.68. The van der Waals surface area contributed by atoms with E-state index in [9.17, 15) is 9.59 Å². The molecule has 0 radical (unpaired) electrons. The topological polar surface area (TPSA) is 68.9 Å². The van der Waals surface area contributed by atoms with Crippen molar-refractivity contribution in [3.05, 3.63) is 62.8 Å². The maximum atomic E-state index is 13.1. The molecular formula is C21H23ClN4O2. The van der Waals surface area contributed by atoms with Crippen molar-refractivity contribution in [2.45, 2.75) is 52.2 Å². The smallest absolute Gasteiger partial charge is 0.278 e. The number of halogens is 1. The van der Waals surface area contributed by atoms with Crippen molar-refractivity contribution in [3.8, 4) is 0 Å². The molecule has 0 fully saturated rings. The summed E-state index contributed by atoms with van der Waals surface area (Å²) >= 11 is 6.15. The minimum Gasteiger partial charge on any atom is -0.350 e. The Hall–Kier alpha value is -2.60. The summed E-state index contributed by atoms with van der Waals surface area (Å²) in [6.45, 7) is 3.03. The average molecular weight is 399 g/mol. The zero-order valence-corrected chi connectivity index (χ0v) is 16.6. The monoisotopic (exact) mass is 398 g/mol. The van der Waals surface area contributed by atoms with Crippen LogP contribution in [0.3, 0.4) is 0 Å². The van der Waals surface area contributed by atoms with Gasteiger partial charge in [0, 0.05) is 30.2 Å². The molecule has 146 valence electrons. The van der Waals surface area contributed by atoms with Crippen molar-refractivity contribution in [2.75, 3.05) is 0 Å². The van der Waals surface area contributed by atoms with Gasteiger partial charge in [-0.1, -0.05) is 36.2 Å². The quantitative estimate of drug-likeness (QED) is 0.733. The number of nitrogens with one attached hydrogen (secondary N) is 1. The number of aryl methyl sites for hydroxylation is 2. The Morgan fingerprint density at radius 3 is 2.89 bits per heavy atom. The molecule has 0 atom stereocenters. The van der Waals surface area contributed by atoms with Crippen LogP contribution in [0.1, 0.15) is 36.3 Å². The maximum Gasteiger partial charge on any atom is 0.278 e. The largest absolute Gasteiger partial charge is 0.350 e. The molecule has 0 saturated heterocycles. The Morgan fingerprint density at radius 1 is 1.25 bits per heavy atom. The van der Waals surface area contributed by atoms with Crippen molar-refractivity contribution in [2.24, 2.45) is 0 Å². The van der Waals surface area contributed by atoms with E-state index >= 15 is 0 Å². The highest BCUT2D eigenvalue weighted by Crippen LogP contribution is 2.19. The fourth-order valence-corrected chi connectivity index (χ4v) is 4.01. The van der Waals surface area contributed by atoms with Gasteiger partial charge in [-0.3, -0.25) is 14.2 Å². The number of fused-ring (bicyclic) bond motifs is 2. The predicted octanol–water partition coefficient (Wildman–Crippen LogP) is 3.20. The summed E-state index contributed by atoms with van der Waals surface area (Å²) in [7, 11) is 0. The van der Waals surface area contributed by atoms with Crippen molar-refractivity contribution in [1.29, 1.82) is 0 Å². The summed E-state index contributed by atoms with van der Waals surface area (Å²) in [4.78, 5) is 30.4. The molecule has 0 unspecified atom stereocenters. The van der Waals surface area contributed by atoms with Gasteiger partial charge in [0.05, 0.1) is 5.52 Å². The number of amides is 1. The van der Waals surface area contributed by atoms with E-state index in [0.717, 1.165) is 42.8 Å². The highest BCUT2D eigenvalue weighted by atomic mass is 35.5. The first-order chi connectivity index (χ1) is 13.5. The van der Waals surface area contributed by atoms with Crippen LogP contribution in [0.15, 0.2) is 35.1 Å². The molecule has 0 saturated carbocycles. The van der Waals surface area contributed by atoms with Gasteiger partial charge >= 0.3 is 0 Å². The minimum absolute atomic E-state index is 0.0473. The van der Waals surface area contributed by atoms with Crippen LogP contribution < -0.4 is 10.9 Å². The third kappa shape index (κ3) is 3.56. The van der Waals surface area contributed by atoms with Gasteiger partial charge in [-0.05, 0) is 37.5 Å². The second-order valence-electron chi connectivity index (χ2n) is 7.27. The highest BCUT2D eigenvalue weighted by molar-refractivity contribution is 6.31. The van der Waals surface area contributed by atoms with Crippen molar-refractivity contribution < 1.29 is 4.79 Å². The lowest BCUT2D eigenvalue weighted by Crippen LogP contribution is -2.30. The van der Waals surface area contributed by atoms with Gasteiger partial charge in [-0.15, -0.1) is 0 Å². The first-order valence-corrected chi connectivity index (χ1v) is 10.0. The molecule has 7 heteroatoms. The number of hydrogen-bond donors (Lipinski definition) is 1. The summed E-state index contributed by atoms with van der Waals surface area (Å²) in [5.41, 5.74) is 2.85. The number of carbonyl (C=O) groups excluding carboxylic acids is 1. The molecule has 0 bridgehead atoms. The number of carbonyl (C=O) groups is 1. The molecular weight excluding hydrogens is 376 g/mol. The Bertz CT molecular complexity index is 1100. The van der Waals surface area contributed by atoms with Gasteiger partial charge in [-0.25, -0.2) is 4.98 Å². The molecule has 1 N–H and O–H groups in total. The molecule has 3 aromatic rings. The lowest BCUT2D eigenvalue weighted by molar-refractivity contribution is -0.121. The predicted molar refractivity (Wildman–Crippen MR) is 110 cm³/mol.